The molecule has 1 saturated heterocycles. The Labute approximate surface area is 145 Å². The summed E-state index contributed by atoms with van der Waals surface area (Å²) in [4.78, 5) is 27.0. The fourth-order valence-corrected chi connectivity index (χ4v) is 3.09. The number of likely N-dealkylation sites (tertiary alicyclic amines) is 1. The summed E-state index contributed by atoms with van der Waals surface area (Å²) in [6.07, 6.45) is 4.65. The third kappa shape index (κ3) is 3.28. The summed E-state index contributed by atoms with van der Waals surface area (Å²) < 4.78 is 1.50. The first-order chi connectivity index (χ1) is 11.6. The summed E-state index contributed by atoms with van der Waals surface area (Å²) in [6, 6.07) is 6.79. The molecule has 1 N–H and O–H groups in total. The van der Waals surface area contributed by atoms with E-state index in [0.717, 1.165) is 32.4 Å². The van der Waals surface area contributed by atoms with E-state index < -0.39 is 0 Å². The van der Waals surface area contributed by atoms with Gasteiger partial charge < -0.3 is 10.2 Å². The highest BCUT2D eigenvalue weighted by Crippen LogP contribution is 2.22. The molecule has 1 aromatic heterocycles. The second kappa shape index (κ2) is 7.05. The quantitative estimate of drug-likeness (QED) is 0.929. The highest BCUT2D eigenvalue weighted by atomic mass is 35.5. The van der Waals surface area contributed by atoms with E-state index in [0.29, 0.717) is 22.0 Å². The molecular formula is C17H19ClN4O2. The summed E-state index contributed by atoms with van der Waals surface area (Å²) in [6.45, 7) is 1.48. The van der Waals surface area contributed by atoms with Crippen LogP contribution in [0.2, 0.25) is 5.02 Å². The summed E-state index contributed by atoms with van der Waals surface area (Å²) in [5, 5.41) is 7.24. The molecule has 0 atom stereocenters. The Kier molecular flexibility index (Phi) is 4.85. The summed E-state index contributed by atoms with van der Waals surface area (Å²) in [7, 11) is 1.70. The van der Waals surface area contributed by atoms with Gasteiger partial charge in [-0.3, -0.25) is 14.3 Å². The molecule has 2 aromatic rings. The molecule has 1 aliphatic heterocycles. The zero-order valence-electron chi connectivity index (χ0n) is 13.5. The van der Waals surface area contributed by atoms with E-state index in [1.807, 2.05) is 4.90 Å². The third-order valence-electron chi connectivity index (χ3n) is 4.15. The molecule has 3 rings (SSSR count). The molecule has 0 spiro atoms. The lowest BCUT2D eigenvalue weighted by molar-refractivity contribution is 0.0714. The third-order valence-corrected chi connectivity index (χ3v) is 4.48. The number of nitrogens with one attached hydrogen (secondary N) is 1. The first-order valence-corrected chi connectivity index (χ1v) is 8.33. The van der Waals surface area contributed by atoms with Crippen LogP contribution in [0.15, 0.2) is 30.5 Å². The van der Waals surface area contributed by atoms with Crippen LogP contribution in [0, 0.1) is 0 Å². The van der Waals surface area contributed by atoms with E-state index in [9.17, 15) is 9.59 Å². The minimum absolute atomic E-state index is 0.107. The van der Waals surface area contributed by atoms with E-state index in [2.05, 4.69) is 10.4 Å². The zero-order chi connectivity index (χ0) is 17.1. The lowest BCUT2D eigenvalue weighted by atomic mass is 10.1. The summed E-state index contributed by atoms with van der Waals surface area (Å²) >= 11 is 6.06. The van der Waals surface area contributed by atoms with E-state index in [1.54, 1.807) is 31.3 Å². The maximum atomic E-state index is 12.8. The molecule has 24 heavy (non-hydrogen) atoms. The molecule has 7 heteroatoms. The smallest absolute Gasteiger partial charge is 0.274 e. The minimum atomic E-state index is -0.360. The molecule has 1 fully saturated rings. The van der Waals surface area contributed by atoms with Gasteiger partial charge in [-0.05, 0) is 31.4 Å². The number of carbonyl (C=O) groups excluding carboxylic acids is 2. The molecule has 0 radical (unpaired) electrons. The van der Waals surface area contributed by atoms with E-state index in [1.165, 1.54) is 10.9 Å². The Morgan fingerprint density at radius 1 is 1.17 bits per heavy atom. The number of aryl methyl sites for hydroxylation is 1. The minimum Gasteiger partial charge on any atom is -0.337 e. The number of benzene rings is 1. The molecule has 6 nitrogen and oxygen atoms in total. The van der Waals surface area contributed by atoms with Crippen LogP contribution in [0.3, 0.4) is 0 Å². The van der Waals surface area contributed by atoms with Gasteiger partial charge in [0.15, 0.2) is 0 Å². The van der Waals surface area contributed by atoms with Gasteiger partial charge in [-0.15, -0.1) is 0 Å². The molecule has 0 unspecified atom stereocenters. The standard InChI is InChI=1S/C17H19ClN4O2/c1-21-15(17(24)22-9-5-2-6-10-22)14(11-19-21)20-16(23)12-7-3-4-8-13(12)18/h3-4,7-8,11H,2,5-6,9-10H2,1H3,(H,20,23). The summed E-state index contributed by atoms with van der Waals surface area (Å²) in [5.41, 5.74) is 1.15. The van der Waals surface area contributed by atoms with Gasteiger partial charge in [0.1, 0.15) is 5.69 Å². The Bertz CT molecular complexity index is 766. The van der Waals surface area contributed by atoms with Crippen molar-refractivity contribution in [2.45, 2.75) is 19.3 Å². The van der Waals surface area contributed by atoms with Gasteiger partial charge >= 0.3 is 0 Å². The molecule has 0 bridgehead atoms. The van der Waals surface area contributed by atoms with Crippen LogP contribution in [0.1, 0.15) is 40.1 Å². The average molecular weight is 347 g/mol. The van der Waals surface area contributed by atoms with Crippen LogP contribution in [-0.2, 0) is 7.05 Å². The van der Waals surface area contributed by atoms with Crippen LogP contribution >= 0.6 is 11.6 Å². The monoisotopic (exact) mass is 346 g/mol. The van der Waals surface area contributed by atoms with Crippen LogP contribution in [0.5, 0.6) is 0 Å². The second-order valence-electron chi connectivity index (χ2n) is 5.82. The Balaban J connectivity index is 1.83. The van der Waals surface area contributed by atoms with Crippen LogP contribution in [-0.4, -0.2) is 39.6 Å². The number of piperidine rings is 1. The highest BCUT2D eigenvalue weighted by Gasteiger charge is 2.25. The van der Waals surface area contributed by atoms with Gasteiger partial charge in [0.25, 0.3) is 11.8 Å². The molecule has 0 saturated carbocycles. The first kappa shape index (κ1) is 16.5. The molecule has 2 amide bonds. The van der Waals surface area contributed by atoms with Gasteiger partial charge in [0.2, 0.25) is 0 Å². The highest BCUT2D eigenvalue weighted by molar-refractivity contribution is 6.34. The van der Waals surface area contributed by atoms with Crippen LogP contribution in [0.25, 0.3) is 0 Å². The predicted molar refractivity (Wildman–Crippen MR) is 92.4 cm³/mol. The molecule has 0 aliphatic carbocycles. The number of anilines is 1. The van der Waals surface area contributed by atoms with E-state index >= 15 is 0 Å². The number of carbonyl (C=O) groups is 2. The van der Waals surface area contributed by atoms with Crippen molar-refractivity contribution >= 4 is 29.1 Å². The Morgan fingerprint density at radius 3 is 2.58 bits per heavy atom. The number of amides is 2. The molecular weight excluding hydrogens is 328 g/mol. The van der Waals surface area contributed by atoms with Gasteiger partial charge in [0, 0.05) is 20.1 Å². The lowest BCUT2D eigenvalue weighted by Gasteiger charge is -2.27. The largest absolute Gasteiger partial charge is 0.337 e. The lowest BCUT2D eigenvalue weighted by Crippen LogP contribution is -2.37. The van der Waals surface area contributed by atoms with E-state index in [-0.39, 0.29) is 11.8 Å². The molecule has 1 aromatic carbocycles. The SMILES string of the molecule is Cn1ncc(NC(=O)c2ccccc2Cl)c1C(=O)N1CCCCC1. The maximum Gasteiger partial charge on any atom is 0.274 e. The first-order valence-electron chi connectivity index (χ1n) is 7.95. The predicted octanol–water partition coefficient (Wildman–Crippen LogP) is 2.95. The topological polar surface area (TPSA) is 67.2 Å². The van der Waals surface area contributed by atoms with Gasteiger partial charge in [-0.25, -0.2) is 0 Å². The Hall–Kier alpha value is -2.34. The van der Waals surface area contributed by atoms with Crippen LogP contribution < -0.4 is 5.32 Å². The van der Waals surface area contributed by atoms with Crippen molar-refractivity contribution in [2.75, 3.05) is 18.4 Å². The normalized spacial score (nSPS) is 14.5. The van der Waals surface area contributed by atoms with Crippen molar-refractivity contribution in [2.24, 2.45) is 7.05 Å². The number of rotatable bonds is 3. The average Bonchev–Trinajstić information content (AvgIpc) is 2.95. The van der Waals surface area contributed by atoms with Crippen molar-refractivity contribution in [1.29, 1.82) is 0 Å². The number of halogens is 1. The van der Waals surface area contributed by atoms with E-state index in [4.69, 9.17) is 11.6 Å². The maximum absolute atomic E-state index is 12.8. The van der Waals surface area contributed by atoms with Gasteiger partial charge in [0.05, 0.1) is 22.5 Å². The number of hydrogen-bond acceptors (Lipinski definition) is 3. The molecule has 126 valence electrons. The number of nitrogens with zero attached hydrogens (tertiary/aromatic N) is 3. The van der Waals surface area contributed by atoms with Gasteiger partial charge in [-0.2, -0.15) is 5.10 Å². The fraction of sp³-hybridized carbons (Fsp3) is 0.353. The van der Waals surface area contributed by atoms with Crippen molar-refractivity contribution in [3.05, 3.63) is 46.7 Å². The van der Waals surface area contributed by atoms with Gasteiger partial charge in [-0.1, -0.05) is 23.7 Å². The zero-order valence-corrected chi connectivity index (χ0v) is 14.2. The van der Waals surface area contributed by atoms with Crippen molar-refractivity contribution < 1.29 is 9.59 Å². The number of aromatic nitrogens is 2. The van der Waals surface area contributed by atoms with Crippen LogP contribution in [0.4, 0.5) is 5.69 Å². The Morgan fingerprint density at radius 2 is 1.88 bits per heavy atom. The summed E-state index contributed by atoms with van der Waals surface area (Å²) in [5.74, 6) is -0.467. The van der Waals surface area contributed by atoms with Crippen molar-refractivity contribution in [1.82, 2.24) is 14.7 Å². The second-order valence-corrected chi connectivity index (χ2v) is 6.22. The van der Waals surface area contributed by atoms with Crippen molar-refractivity contribution in [3.8, 4) is 0 Å². The fourth-order valence-electron chi connectivity index (χ4n) is 2.86. The van der Waals surface area contributed by atoms with Crippen molar-refractivity contribution in [3.63, 3.8) is 0 Å². The number of hydrogen-bond donors (Lipinski definition) is 1. The molecule has 1 aliphatic rings. The molecule has 2 heterocycles.